The molecule has 1 amide bonds. The molecule has 0 spiro atoms. The number of benzene rings is 1. The van der Waals surface area contributed by atoms with Crippen LogP contribution in [0.15, 0.2) is 40.9 Å². The van der Waals surface area contributed by atoms with E-state index < -0.39 is 0 Å². The average Bonchev–Trinajstić information content (AvgIpc) is 3.05. The first-order valence-corrected chi connectivity index (χ1v) is 10.1. The Balaban J connectivity index is 1.76. The van der Waals surface area contributed by atoms with Crippen LogP contribution in [-0.2, 0) is 13.0 Å². The summed E-state index contributed by atoms with van der Waals surface area (Å²) in [6.45, 7) is 4.59. The van der Waals surface area contributed by atoms with Crippen LogP contribution in [0.4, 0.5) is 4.39 Å². The number of hydrogen-bond acceptors (Lipinski definition) is 5. The van der Waals surface area contributed by atoms with Crippen molar-refractivity contribution in [1.82, 2.24) is 10.3 Å². The molecular formula is C19H20FN3OS2. The first-order chi connectivity index (χ1) is 12.5. The molecule has 1 aromatic carbocycles. The number of hydrogen-bond donors (Lipinski definition) is 1. The van der Waals surface area contributed by atoms with Gasteiger partial charge in [-0.05, 0) is 35.4 Å². The second kappa shape index (κ2) is 8.60. The van der Waals surface area contributed by atoms with E-state index in [1.165, 1.54) is 12.1 Å². The second-order valence-electron chi connectivity index (χ2n) is 6.37. The summed E-state index contributed by atoms with van der Waals surface area (Å²) >= 11 is 3.21. The molecule has 1 atom stereocenters. The molecule has 26 heavy (non-hydrogen) atoms. The van der Waals surface area contributed by atoms with Crippen LogP contribution < -0.4 is 5.32 Å². The molecule has 7 heteroatoms. The zero-order valence-corrected chi connectivity index (χ0v) is 16.2. The van der Waals surface area contributed by atoms with Crippen LogP contribution >= 0.6 is 23.1 Å². The van der Waals surface area contributed by atoms with Crippen molar-refractivity contribution < 1.29 is 9.18 Å². The zero-order chi connectivity index (χ0) is 18.5. The first-order valence-electron chi connectivity index (χ1n) is 8.39. The standard InChI is InChI=1S/C19H20FN3OS2/c1-12(2)9-15-17(23-19(26-15)16-11-21-7-8-25-16)18(24)22-10-13-3-5-14(20)6-4-13/h3-8,11-12,16H,9-10H2,1-2H3,(H,22,24). The van der Waals surface area contributed by atoms with Crippen LogP contribution in [0.3, 0.4) is 0 Å². The van der Waals surface area contributed by atoms with E-state index in [-0.39, 0.29) is 17.0 Å². The number of carbonyl (C=O) groups is 1. The molecule has 136 valence electrons. The number of nitrogens with one attached hydrogen (secondary N) is 1. The number of thioether (sulfide) groups is 1. The van der Waals surface area contributed by atoms with Crippen molar-refractivity contribution in [2.75, 3.05) is 0 Å². The van der Waals surface area contributed by atoms with Crippen molar-refractivity contribution in [1.29, 1.82) is 0 Å². The minimum Gasteiger partial charge on any atom is -0.347 e. The number of halogens is 1. The molecule has 1 aromatic heterocycles. The zero-order valence-electron chi connectivity index (χ0n) is 14.6. The minimum absolute atomic E-state index is 0.0505. The largest absolute Gasteiger partial charge is 0.347 e. The fourth-order valence-electron chi connectivity index (χ4n) is 2.49. The number of carbonyl (C=O) groups excluding carboxylic acids is 1. The number of rotatable bonds is 6. The number of aliphatic imine (C=N–C) groups is 1. The monoisotopic (exact) mass is 389 g/mol. The van der Waals surface area contributed by atoms with E-state index in [2.05, 4.69) is 29.1 Å². The lowest BCUT2D eigenvalue weighted by Crippen LogP contribution is -2.24. The molecule has 1 N–H and O–H groups in total. The smallest absolute Gasteiger partial charge is 0.271 e. The van der Waals surface area contributed by atoms with Gasteiger partial charge >= 0.3 is 0 Å². The topological polar surface area (TPSA) is 54.4 Å². The van der Waals surface area contributed by atoms with Crippen molar-refractivity contribution in [2.45, 2.75) is 32.1 Å². The Labute approximate surface area is 160 Å². The maximum Gasteiger partial charge on any atom is 0.271 e. The molecular weight excluding hydrogens is 369 g/mol. The summed E-state index contributed by atoms with van der Waals surface area (Å²) in [5, 5.41) is 5.77. The van der Waals surface area contributed by atoms with Gasteiger partial charge in [-0.25, -0.2) is 9.37 Å². The predicted molar refractivity (Wildman–Crippen MR) is 106 cm³/mol. The van der Waals surface area contributed by atoms with Crippen LogP contribution in [0.1, 0.15) is 45.0 Å². The third-order valence-electron chi connectivity index (χ3n) is 3.73. The third kappa shape index (κ3) is 4.80. The highest BCUT2D eigenvalue weighted by Crippen LogP contribution is 2.35. The molecule has 0 radical (unpaired) electrons. The lowest BCUT2D eigenvalue weighted by Gasteiger charge is -2.07. The summed E-state index contributed by atoms with van der Waals surface area (Å²) in [6.07, 6.45) is 4.41. The van der Waals surface area contributed by atoms with Gasteiger partial charge < -0.3 is 5.32 Å². The molecule has 1 unspecified atom stereocenters. The summed E-state index contributed by atoms with van der Waals surface area (Å²) in [6, 6.07) is 6.11. The molecule has 3 rings (SSSR count). The van der Waals surface area contributed by atoms with E-state index in [1.807, 2.05) is 11.6 Å². The highest BCUT2D eigenvalue weighted by molar-refractivity contribution is 8.03. The van der Waals surface area contributed by atoms with E-state index in [9.17, 15) is 9.18 Å². The van der Waals surface area contributed by atoms with Crippen LogP contribution in [0.5, 0.6) is 0 Å². The van der Waals surface area contributed by atoms with Gasteiger partial charge in [-0.15, -0.1) is 23.1 Å². The van der Waals surface area contributed by atoms with Crippen molar-refractivity contribution in [3.05, 3.63) is 62.8 Å². The highest BCUT2D eigenvalue weighted by atomic mass is 32.2. The average molecular weight is 390 g/mol. The van der Waals surface area contributed by atoms with Crippen molar-refractivity contribution in [3.63, 3.8) is 0 Å². The Morgan fingerprint density at radius 2 is 2.08 bits per heavy atom. The van der Waals surface area contributed by atoms with Gasteiger partial charge in [0.05, 0.1) is 5.25 Å². The second-order valence-corrected chi connectivity index (χ2v) is 8.54. The van der Waals surface area contributed by atoms with Crippen LogP contribution in [0.2, 0.25) is 0 Å². The molecule has 0 bridgehead atoms. The fraction of sp³-hybridized carbons (Fsp3) is 0.316. The number of nitrogens with zero attached hydrogens (tertiary/aromatic N) is 2. The van der Waals surface area contributed by atoms with Crippen LogP contribution in [-0.4, -0.2) is 17.1 Å². The van der Waals surface area contributed by atoms with Gasteiger partial charge in [-0.1, -0.05) is 26.0 Å². The van der Waals surface area contributed by atoms with Gasteiger partial charge in [0.2, 0.25) is 0 Å². The Bertz CT molecular complexity index is 828. The Morgan fingerprint density at radius 1 is 1.31 bits per heavy atom. The number of aromatic nitrogens is 1. The van der Waals surface area contributed by atoms with Crippen LogP contribution in [0.25, 0.3) is 0 Å². The van der Waals surface area contributed by atoms with Gasteiger partial charge in [0.25, 0.3) is 5.91 Å². The SMILES string of the molecule is CC(C)Cc1sc(C2C=NC=CS2)nc1C(=O)NCc1ccc(F)cc1. The van der Waals surface area contributed by atoms with Gasteiger partial charge in [0, 0.05) is 23.8 Å². The quantitative estimate of drug-likeness (QED) is 0.776. The highest BCUT2D eigenvalue weighted by Gasteiger charge is 2.23. The van der Waals surface area contributed by atoms with Gasteiger partial charge in [0.1, 0.15) is 16.5 Å². The third-order valence-corrected chi connectivity index (χ3v) is 5.95. The van der Waals surface area contributed by atoms with Crippen molar-refractivity contribution >= 4 is 35.2 Å². The summed E-state index contributed by atoms with van der Waals surface area (Å²) in [7, 11) is 0. The van der Waals surface area contributed by atoms with E-state index in [1.54, 1.807) is 41.4 Å². The predicted octanol–water partition coefficient (Wildman–Crippen LogP) is 4.74. The summed E-state index contributed by atoms with van der Waals surface area (Å²) in [5.41, 5.74) is 1.34. The maximum atomic E-state index is 13.0. The van der Waals surface area contributed by atoms with E-state index >= 15 is 0 Å². The van der Waals surface area contributed by atoms with Gasteiger partial charge in [-0.3, -0.25) is 9.79 Å². The summed E-state index contributed by atoms with van der Waals surface area (Å²) < 4.78 is 13.0. The lowest BCUT2D eigenvalue weighted by molar-refractivity contribution is 0.0945. The van der Waals surface area contributed by atoms with E-state index in [0.29, 0.717) is 18.2 Å². The fourth-order valence-corrected chi connectivity index (χ4v) is 4.63. The first kappa shape index (κ1) is 18.8. The summed E-state index contributed by atoms with van der Waals surface area (Å²) in [5.74, 6) is -0.0515. The van der Waals surface area contributed by atoms with Crippen molar-refractivity contribution in [3.8, 4) is 0 Å². The van der Waals surface area contributed by atoms with Crippen LogP contribution in [0, 0.1) is 11.7 Å². The Morgan fingerprint density at radius 3 is 2.73 bits per heavy atom. The van der Waals surface area contributed by atoms with Gasteiger partial charge in [-0.2, -0.15) is 0 Å². The molecule has 0 fully saturated rings. The summed E-state index contributed by atoms with van der Waals surface area (Å²) in [4.78, 5) is 22.5. The molecule has 4 nitrogen and oxygen atoms in total. The number of amides is 1. The Kier molecular flexibility index (Phi) is 6.21. The molecule has 0 saturated heterocycles. The lowest BCUT2D eigenvalue weighted by atomic mass is 10.1. The van der Waals surface area contributed by atoms with Crippen molar-refractivity contribution in [2.24, 2.45) is 10.9 Å². The molecule has 2 heterocycles. The van der Waals surface area contributed by atoms with E-state index in [0.717, 1.165) is 21.9 Å². The Hall–Kier alpha value is -1.99. The molecule has 1 aliphatic heterocycles. The molecule has 1 aliphatic rings. The maximum absolute atomic E-state index is 13.0. The molecule has 0 saturated carbocycles. The van der Waals surface area contributed by atoms with Gasteiger partial charge in [0.15, 0.2) is 0 Å². The molecule has 2 aromatic rings. The number of thiazole rings is 1. The normalized spacial score (nSPS) is 16.2. The minimum atomic E-state index is -0.288. The molecule has 0 aliphatic carbocycles. The van der Waals surface area contributed by atoms with E-state index in [4.69, 9.17) is 0 Å².